The van der Waals surface area contributed by atoms with E-state index in [0.29, 0.717) is 0 Å². The summed E-state index contributed by atoms with van der Waals surface area (Å²) >= 11 is 5.30. The zero-order valence-electron chi connectivity index (χ0n) is 9.40. The second kappa shape index (κ2) is 3.85. The molecule has 0 spiro atoms. The van der Waals surface area contributed by atoms with Gasteiger partial charge in [0.15, 0.2) is 0 Å². The van der Waals surface area contributed by atoms with Gasteiger partial charge in [0.05, 0.1) is 11.0 Å². The Morgan fingerprint density at radius 3 is 2.88 bits per heavy atom. The molecule has 0 aliphatic rings. The maximum atomic E-state index is 5.30. The molecule has 0 aliphatic heterocycles. The zero-order chi connectivity index (χ0) is 11.8. The Labute approximate surface area is 103 Å². The van der Waals surface area contributed by atoms with E-state index in [2.05, 4.69) is 22.0 Å². The smallest absolute Gasteiger partial charge is 0.228 e. The Bertz CT molecular complexity index is 686. The van der Waals surface area contributed by atoms with Crippen LogP contribution in [-0.4, -0.2) is 19.7 Å². The molecule has 0 atom stereocenters. The molecule has 0 unspecified atom stereocenters. The van der Waals surface area contributed by atoms with E-state index < -0.39 is 0 Å². The van der Waals surface area contributed by atoms with Gasteiger partial charge in [-0.15, -0.1) is 0 Å². The van der Waals surface area contributed by atoms with Crippen LogP contribution in [0.4, 0.5) is 0 Å². The molecule has 2 aromatic heterocycles. The first-order valence-electron chi connectivity index (χ1n) is 5.54. The lowest BCUT2D eigenvalue weighted by Crippen LogP contribution is -1.99. The lowest BCUT2D eigenvalue weighted by molar-refractivity contribution is 0.793. The van der Waals surface area contributed by atoms with Crippen molar-refractivity contribution in [1.82, 2.24) is 19.7 Å². The first-order chi connectivity index (χ1) is 8.28. The van der Waals surface area contributed by atoms with Crippen LogP contribution in [0, 0.1) is 4.64 Å². The molecule has 2 N–H and O–H groups in total. The molecule has 0 saturated carbocycles. The summed E-state index contributed by atoms with van der Waals surface area (Å²) in [4.78, 5) is 7.74. The van der Waals surface area contributed by atoms with E-state index in [1.165, 1.54) is 0 Å². The second-order valence-corrected chi connectivity index (χ2v) is 4.30. The van der Waals surface area contributed by atoms with Crippen molar-refractivity contribution in [2.45, 2.75) is 13.3 Å². The number of imidazole rings is 1. The highest BCUT2D eigenvalue weighted by atomic mass is 32.1. The fourth-order valence-electron chi connectivity index (χ4n) is 1.83. The SMILES string of the molecule is CCc1cc(=S)n(-c2nc3ccccc3[nH]2)[nH]1. The highest BCUT2D eigenvalue weighted by Crippen LogP contribution is 2.13. The topological polar surface area (TPSA) is 49.4 Å². The van der Waals surface area contributed by atoms with Gasteiger partial charge in [-0.2, -0.15) is 0 Å². The summed E-state index contributed by atoms with van der Waals surface area (Å²) in [7, 11) is 0. The molecular formula is C12H12N4S. The van der Waals surface area contributed by atoms with Crippen molar-refractivity contribution in [3.05, 3.63) is 40.7 Å². The number of fused-ring (bicyclic) bond motifs is 1. The second-order valence-electron chi connectivity index (χ2n) is 3.89. The minimum Gasteiger partial charge on any atom is -0.322 e. The van der Waals surface area contributed by atoms with Gasteiger partial charge in [-0.1, -0.05) is 31.3 Å². The molecule has 0 fully saturated rings. The Balaban J connectivity index is 2.20. The van der Waals surface area contributed by atoms with Crippen molar-refractivity contribution in [1.29, 1.82) is 0 Å². The molecule has 1 aromatic carbocycles. The predicted molar refractivity (Wildman–Crippen MR) is 70.0 cm³/mol. The number of nitrogens with zero attached hydrogens (tertiary/aromatic N) is 2. The van der Waals surface area contributed by atoms with Crippen molar-refractivity contribution in [3.8, 4) is 5.95 Å². The summed E-state index contributed by atoms with van der Waals surface area (Å²) in [5, 5.41) is 3.23. The van der Waals surface area contributed by atoms with E-state index in [1.54, 1.807) is 4.68 Å². The van der Waals surface area contributed by atoms with Crippen LogP contribution < -0.4 is 0 Å². The number of aryl methyl sites for hydroxylation is 1. The van der Waals surface area contributed by atoms with Crippen LogP contribution >= 0.6 is 12.2 Å². The van der Waals surface area contributed by atoms with E-state index in [4.69, 9.17) is 12.2 Å². The third-order valence-electron chi connectivity index (χ3n) is 2.74. The number of benzene rings is 1. The van der Waals surface area contributed by atoms with Crippen molar-refractivity contribution in [3.63, 3.8) is 0 Å². The van der Waals surface area contributed by atoms with Crippen molar-refractivity contribution < 1.29 is 0 Å². The van der Waals surface area contributed by atoms with E-state index in [-0.39, 0.29) is 0 Å². The first kappa shape index (κ1) is 10.3. The van der Waals surface area contributed by atoms with Crippen LogP contribution in [0.15, 0.2) is 30.3 Å². The van der Waals surface area contributed by atoms with Crippen LogP contribution in [0.25, 0.3) is 17.0 Å². The van der Waals surface area contributed by atoms with E-state index in [1.807, 2.05) is 30.3 Å². The number of H-pyrrole nitrogens is 2. The van der Waals surface area contributed by atoms with Crippen LogP contribution in [0.1, 0.15) is 12.6 Å². The van der Waals surface area contributed by atoms with Gasteiger partial charge >= 0.3 is 0 Å². The van der Waals surface area contributed by atoms with Gasteiger partial charge in [-0.3, -0.25) is 5.10 Å². The Hall–Kier alpha value is -1.88. The molecule has 0 aliphatic carbocycles. The van der Waals surface area contributed by atoms with Gasteiger partial charge in [-0.25, -0.2) is 9.67 Å². The summed E-state index contributed by atoms with van der Waals surface area (Å²) in [5.41, 5.74) is 3.06. The predicted octanol–water partition coefficient (Wildman–Crippen LogP) is 2.97. The molecule has 4 nitrogen and oxygen atoms in total. The third-order valence-corrected chi connectivity index (χ3v) is 3.04. The average Bonchev–Trinajstić information content (AvgIpc) is 2.91. The summed E-state index contributed by atoms with van der Waals surface area (Å²) in [6.07, 6.45) is 0.927. The highest BCUT2D eigenvalue weighted by Gasteiger charge is 2.06. The maximum Gasteiger partial charge on any atom is 0.228 e. The number of rotatable bonds is 2. The summed E-state index contributed by atoms with van der Waals surface area (Å²) in [6.45, 7) is 2.09. The molecule has 3 rings (SSSR count). The molecule has 0 bridgehead atoms. The lowest BCUT2D eigenvalue weighted by atomic mass is 10.3. The number of nitrogens with one attached hydrogen (secondary N) is 2. The van der Waals surface area contributed by atoms with Crippen molar-refractivity contribution in [2.24, 2.45) is 0 Å². The molecule has 17 heavy (non-hydrogen) atoms. The minimum absolute atomic E-state index is 0.732. The summed E-state index contributed by atoms with van der Waals surface area (Å²) < 4.78 is 2.54. The van der Waals surface area contributed by atoms with Gasteiger partial charge in [0, 0.05) is 5.69 Å². The molecule has 5 heteroatoms. The van der Waals surface area contributed by atoms with Crippen LogP contribution in [0.3, 0.4) is 0 Å². The normalized spacial score (nSPS) is 11.1. The molecule has 3 aromatic rings. The number of hydrogen-bond acceptors (Lipinski definition) is 2. The standard InChI is InChI=1S/C12H12N4S/c1-2-8-7-11(17)16(15-8)12-13-9-5-3-4-6-10(9)14-12/h3-7,15H,2H2,1H3,(H,13,14). The van der Waals surface area contributed by atoms with Gasteiger partial charge in [0.1, 0.15) is 4.64 Å². The van der Waals surface area contributed by atoms with Crippen molar-refractivity contribution >= 4 is 23.3 Å². The zero-order valence-corrected chi connectivity index (χ0v) is 10.2. The molecular weight excluding hydrogens is 232 g/mol. The molecule has 0 amide bonds. The third kappa shape index (κ3) is 1.68. The first-order valence-corrected chi connectivity index (χ1v) is 5.95. The maximum absolute atomic E-state index is 5.30. The van der Waals surface area contributed by atoms with Crippen molar-refractivity contribution in [2.75, 3.05) is 0 Å². The lowest BCUT2D eigenvalue weighted by Gasteiger charge is -1.96. The van der Waals surface area contributed by atoms with E-state index in [0.717, 1.165) is 33.7 Å². The quantitative estimate of drug-likeness (QED) is 0.681. The Morgan fingerprint density at radius 2 is 2.18 bits per heavy atom. The molecule has 0 radical (unpaired) electrons. The summed E-state index contributed by atoms with van der Waals surface area (Å²) in [6, 6.07) is 9.89. The van der Waals surface area contributed by atoms with Crippen LogP contribution in [0.5, 0.6) is 0 Å². The number of aromatic amines is 2. The van der Waals surface area contributed by atoms with Gasteiger partial charge < -0.3 is 4.98 Å². The Morgan fingerprint density at radius 1 is 1.35 bits per heavy atom. The highest BCUT2D eigenvalue weighted by molar-refractivity contribution is 7.71. The van der Waals surface area contributed by atoms with Gasteiger partial charge in [0.25, 0.3) is 0 Å². The molecule has 0 saturated heterocycles. The molecule has 86 valence electrons. The Kier molecular flexibility index (Phi) is 2.33. The number of para-hydroxylation sites is 2. The fourth-order valence-corrected chi connectivity index (χ4v) is 2.10. The van der Waals surface area contributed by atoms with Crippen LogP contribution in [-0.2, 0) is 6.42 Å². The van der Waals surface area contributed by atoms with E-state index in [9.17, 15) is 0 Å². The minimum atomic E-state index is 0.732. The monoisotopic (exact) mass is 244 g/mol. The van der Waals surface area contributed by atoms with Gasteiger partial charge in [0.2, 0.25) is 5.95 Å². The average molecular weight is 244 g/mol. The van der Waals surface area contributed by atoms with Crippen LogP contribution in [0.2, 0.25) is 0 Å². The molecule has 2 heterocycles. The number of aromatic nitrogens is 4. The number of hydrogen-bond donors (Lipinski definition) is 2. The van der Waals surface area contributed by atoms with Gasteiger partial charge in [-0.05, 0) is 24.6 Å². The largest absolute Gasteiger partial charge is 0.322 e. The summed E-state index contributed by atoms with van der Waals surface area (Å²) in [5.74, 6) is 0.732. The fraction of sp³-hybridized carbons (Fsp3) is 0.167. The van der Waals surface area contributed by atoms with E-state index >= 15 is 0 Å².